The lowest BCUT2D eigenvalue weighted by molar-refractivity contribution is -0.148. The molecule has 2 N–H and O–H groups in total. The standard InChI is InChI=1S/C10H20N2O2/c1-5-6-7-11-9(4)12-14-10(13)8(2)3/h9,11-12H,2,5-7H2,1,3-4H3. The zero-order valence-electron chi connectivity index (χ0n) is 9.22. The third-order valence-corrected chi connectivity index (χ3v) is 1.66. The van der Waals surface area contributed by atoms with E-state index < -0.39 is 5.97 Å². The van der Waals surface area contributed by atoms with Crippen LogP contribution in [0.25, 0.3) is 0 Å². The summed E-state index contributed by atoms with van der Waals surface area (Å²) in [5.74, 6) is -0.422. The average Bonchev–Trinajstić information content (AvgIpc) is 2.14. The van der Waals surface area contributed by atoms with Gasteiger partial charge in [-0.25, -0.2) is 4.79 Å². The largest absolute Gasteiger partial charge is 0.365 e. The molecule has 82 valence electrons. The molecule has 0 saturated heterocycles. The fraction of sp³-hybridized carbons (Fsp3) is 0.700. The summed E-state index contributed by atoms with van der Waals surface area (Å²) in [6, 6.07) is 0. The number of hydrogen-bond acceptors (Lipinski definition) is 4. The molecule has 0 radical (unpaired) electrons. The van der Waals surface area contributed by atoms with Crippen molar-refractivity contribution >= 4 is 5.97 Å². The van der Waals surface area contributed by atoms with Crippen LogP contribution in [-0.2, 0) is 9.63 Å². The van der Waals surface area contributed by atoms with Crippen LogP contribution < -0.4 is 10.8 Å². The molecule has 0 aliphatic heterocycles. The fourth-order valence-corrected chi connectivity index (χ4v) is 0.766. The van der Waals surface area contributed by atoms with Gasteiger partial charge in [0.15, 0.2) is 0 Å². The van der Waals surface area contributed by atoms with Gasteiger partial charge in [-0.15, -0.1) is 5.48 Å². The summed E-state index contributed by atoms with van der Waals surface area (Å²) in [5, 5.41) is 3.16. The van der Waals surface area contributed by atoms with E-state index in [4.69, 9.17) is 4.84 Å². The molecule has 4 nitrogen and oxygen atoms in total. The van der Waals surface area contributed by atoms with E-state index in [1.807, 2.05) is 6.92 Å². The van der Waals surface area contributed by atoms with Crippen molar-refractivity contribution in [3.8, 4) is 0 Å². The zero-order chi connectivity index (χ0) is 11.0. The Balaban J connectivity index is 3.48. The predicted octanol–water partition coefficient (Wildman–Crippen LogP) is 1.35. The minimum absolute atomic E-state index is 0.0372. The van der Waals surface area contributed by atoms with Gasteiger partial charge in [0.2, 0.25) is 0 Å². The Kier molecular flexibility index (Phi) is 7.06. The second-order valence-electron chi connectivity index (χ2n) is 3.32. The quantitative estimate of drug-likeness (QED) is 0.282. The molecule has 0 saturated carbocycles. The lowest BCUT2D eigenvalue weighted by Crippen LogP contribution is -2.41. The average molecular weight is 200 g/mol. The molecule has 0 aliphatic rings. The van der Waals surface area contributed by atoms with E-state index in [9.17, 15) is 4.79 Å². The van der Waals surface area contributed by atoms with Crippen LogP contribution in [0.5, 0.6) is 0 Å². The molecular formula is C10H20N2O2. The van der Waals surface area contributed by atoms with Crippen LogP contribution in [0.15, 0.2) is 12.2 Å². The van der Waals surface area contributed by atoms with Gasteiger partial charge in [-0.05, 0) is 26.8 Å². The minimum atomic E-state index is -0.422. The topological polar surface area (TPSA) is 50.4 Å². The summed E-state index contributed by atoms with van der Waals surface area (Å²) in [6.45, 7) is 10.0. The van der Waals surface area contributed by atoms with Crippen molar-refractivity contribution in [2.45, 2.75) is 39.8 Å². The molecule has 0 aromatic carbocycles. The lowest BCUT2D eigenvalue weighted by atomic mass is 10.3. The summed E-state index contributed by atoms with van der Waals surface area (Å²) in [6.07, 6.45) is 2.22. The van der Waals surface area contributed by atoms with Gasteiger partial charge in [0, 0.05) is 5.57 Å². The third kappa shape index (κ3) is 6.62. The number of hydrogen-bond donors (Lipinski definition) is 2. The Morgan fingerprint density at radius 2 is 2.21 bits per heavy atom. The SMILES string of the molecule is C=C(C)C(=O)ONC(C)NCCCC. The van der Waals surface area contributed by atoms with E-state index in [1.54, 1.807) is 6.92 Å². The first kappa shape index (κ1) is 13.1. The van der Waals surface area contributed by atoms with Crippen molar-refractivity contribution < 1.29 is 9.63 Å². The number of unbranched alkanes of at least 4 members (excludes halogenated alkanes) is 1. The van der Waals surface area contributed by atoms with E-state index in [1.165, 1.54) is 0 Å². The lowest BCUT2D eigenvalue weighted by Gasteiger charge is -2.14. The highest BCUT2D eigenvalue weighted by molar-refractivity contribution is 5.86. The minimum Gasteiger partial charge on any atom is -0.365 e. The molecule has 0 aliphatic carbocycles. The molecular weight excluding hydrogens is 180 g/mol. The third-order valence-electron chi connectivity index (χ3n) is 1.66. The highest BCUT2D eigenvalue weighted by Crippen LogP contribution is 1.90. The number of carbonyl (C=O) groups is 1. The van der Waals surface area contributed by atoms with Gasteiger partial charge in [0.25, 0.3) is 0 Å². The summed E-state index contributed by atoms with van der Waals surface area (Å²) in [5.41, 5.74) is 2.99. The first-order valence-corrected chi connectivity index (χ1v) is 4.93. The van der Waals surface area contributed by atoms with E-state index >= 15 is 0 Å². The number of rotatable bonds is 7. The molecule has 0 amide bonds. The van der Waals surface area contributed by atoms with Gasteiger partial charge < -0.3 is 4.84 Å². The summed E-state index contributed by atoms with van der Waals surface area (Å²) in [7, 11) is 0. The van der Waals surface area contributed by atoms with Gasteiger partial charge in [-0.1, -0.05) is 19.9 Å². The van der Waals surface area contributed by atoms with Gasteiger partial charge in [0.05, 0.1) is 6.17 Å². The van der Waals surface area contributed by atoms with Crippen molar-refractivity contribution in [3.05, 3.63) is 12.2 Å². The normalized spacial score (nSPS) is 12.2. The first-order chi connectivity index (χ1) is 6.57. The number of hydroxylamine groups is 1. The first-order valence-electron chi connectivity index (χ1n) is 4.93. The van der Waals surface area contributed by atoms with Gasteiger partial charge in [-0.2, -0.15) is 0 Å². The molecule has 1 unspecified atom stereocenters. The van der Waals surface area contributed by atoms with Crippen LogP contribution in [0.1, 0.15) is 33.6 Å². The Morgan fingerprint density at radius 3 is 2.71 bits per heavy atom. The summed E-state index contributed by atoms with van der Waals surface area (Å²) >= 11 is 0. The molecule has 0 bridgehead atoms. The smallest absolute Gasteiger partial charge is 0.351 e. The van der Waals surface area contributed by atoms with Crippen LogP contribution in [0.4, 0.5) is 0 Å². The van der Waals surface area contributed by atoms with Crippen LogP contribution >= 0.6 is 0 Å². The maximum absolute atomic E-state index is 11.0. The Hall–Kier alpha value is -0.870. The molecule has 0 fully saturated rings. The van der Waals surface area contributed by atoms with Crippen LogP contribution in [0.3, 0.4) is 0 Å². The highest BCUT2D eigenvalue weighted by atomic mass is 16.7. The second-order valence-corrected chi connectivity index (χ2v) is 3.32. The molecule has 0 spiro atoms. The van der Waals surface area contributed by atoms with Crippen molar-refractivity contribution in [2.24, 2.45) is 0 Å². The van der Waals surface area contributed by atoms with E-state index in [0.29, 0.717) is 5.57 Å². The zero-order valence-corrected chi connectivity index (χ0v) is 9.22. The fourth-order valence-electron chi connectivity index (χ4n) is 0.766. The Morgan fingerprint density at radius 1 is 1.57 bits per heavy atom. The molecule has 0 rings (SSSR count). The number of nitrogens with one attached hydrogen (secondary N) is 2. The molecule has 1 atom stereocenters. The summed E-state index contributed by atoms with van der Waals surface area (Å²) < 4.78 is 0. The van der Waals surface area contributed by atoms with Gasteiger partial charge in [-0.3, -0.25) is 5.32 Å². The van der Waals surface area contributed by atoms with Crippen LogP contribution in [0.2, 0.25) is 0 Å². The second kappa shape index (κ2) is 7.53. The van der Waals surface area contributed by atoms with E-state index in [-0.39, 0.29) is 6.17 Å². The van der Waals surface area contributed by atoms with Crippen molar-refractivity contribution in [1.82, 2.24) is 10.8 Å². The molecule has 4 heteroatoms. The predicted molar refractivity (Wildman–Crippen MR) is 56.4 cm³/mol. The monoisotopic (exact) mass is 200 g/mol. The van der Waals surface area contributed by atoms with Crippen molar-refractivity contribution in [2.75, 3.05) is 6.54 Å². The molecule has 0 aromatic rings. The van der Waals surface area contributed by atoms with Crippen molar-refractivity contribution in [1.29, 1.82) is 0 Å². The number of carbonyl (C=O) groups excluding carboxylic acids is 1. The van der Waals surface area contributed by atoms with Gasteiger partial charge >= 0.3 is 5.97 Å². The van der Waals surface area contributed by atoms with Crippen molar-refractivity contribution in [3.63, 3.8) is 0 Å². The maximum atomic E-state index is 11.0. The maximum Gasteiger partial charge on any atom is 0.351 e. The van der Waals surface area contributed by atoms with Crippen LogP contribution in [0, 0.1) is 0 Å². The van der Waals surface area contributed by atoms with E-state index in [2.05, 4.69) is 24.3 Å². The Bertz CT molecular complexity index is 193. The van der Waals surface area contributed by atoms with Gasteiger partial charge in [0.1, 0.15) is 0 Å². The summed E-state index contributed by atoms with van der Waals surface area (Å²) in [4.78, 5) is 15.7. The molecule has 0 heterocycles. The van der Waals surface area contributed by atoms with E-state index in [0.717, 1.165) is 19.4 Å². The molecule has 0 aromatic heterocycles. The van der Waals surface area contributed by atoms with Crippen LogP contribution in [-0.4, -0.2) is 18.7 Å². The Labute approximate surface area is 85.7 Å². The molecule has 14 heavy (non-hydrogen) atoms. The highest BCUT2D eigenvalue weighted by Gasteiger charge is 2.05.